The molecule has 0 bridgehead atoms. The molecule has 70 heavy (non-hydrogen) atoms. The molecule has 1 heteroatoms. The number of hydrogen-bond acceptors (Lipinski definition) is 1. The fourth-order valence-corrected chi connectivity index (χ4v) is 13.2. The van der Waals surface area contributed by atoms with Gasteiger partial charge in [-0.1, -0.05) is 232 Å². The highest BCUT2D eigenvalue weighted by Crippen LogP contribution is 2.66. The van der Waals surface area contributed by atoms with E-state index in [4.69, 9.17) is 0 Å². The van der Waals surface area contributed by atoms with Gasteiger partial charge in [-0.25, -0.2) is 0 Å². The molecule has 0 spiro atoms. The Morgan fingerprint density at radius 3 is 1.51 bits per heavy atom. The van der Waals surface area contributed by atoms with Crippen molar-refractivity contribution in [2.24, 2.45) is 0 Å². The molecular formula is C69H49N. The SMILES string of the molecule is CC1(C)c2ccccc2-c2ccc(N(c3ccc(-c4ccc5ccccc5c4)cc3)c3cccc(C4(c5ccccc5)c5ccccc5C5(c6ccccc6)c6ccccc6-c6cccc4c65)c3)cc21. The Morgan fingerprint density at radius 1 is 0.271 bits per heavy atom. The number of fused-ring (bicyclic) bond motifs is 9. The minimum absolute atomic E-state index is 0.158. The average Bonchev–Trinajstić information content (AvgIpc) is 3.86. The highest BCUT2D eigenvalue weighted by molar-refractivity contribution is 5.93. The van der Waals surface area contributed by atoms with Crippen LogP contribution in [0, 0.1) is 0 Å². The van der Waals surface area contributed by atoms with Crippen LogP contribution >= 0.6 is 0 Å². The molecule has 0 aromatic heterocycles. The highest BCUT2D eigenvalue weighted by Gasteiger charge is 2.57. The minimum Gasteiger partial charge on any atom is -0.310 e. The summed E-state index contributed by atoms with van der Waals surface area (Å²) in [7, 11) is 0. The molecule has 0 saturated carbocycles. The first-order valence-electron chi connectivity index (χ1n) is 24.7. The van der Waals surface area contributed by atoms with Gasteiger partial charge in [-0.2, -0.15) is 0 Å². The van der Waals surface area contributed by atoms with E-state index >= 15 is 0 Å². The van der Waals surface area contributed by atoms with Gasteiger partial charge in [0.15, 0.2) is 0 Å². The van der Waals surface area contributed by atoms with Gasteiger partial charge in [-0.3, -0.25) is 0 Å². The van der Waals surface area contributed by atoms with Gasteiger partial charge in [-0.15, -0.1) is 0 Å². The van der Waals surface area contributed by atoms with Crippen LogP contribution in [-0.4, -0.2) is 0 Å². The summed E-state index contributed by atoms with van der Waals surface area (Å²) in [5.74, 6) is 0. The Morgan fingerprint density at radius 2 is 0.771 bits per heavy atom. The third-order valence-corrected chi connectivity index (χ3v) is 16.2. The van der Waals surface area contributed by atoms with Gasteiger partial charge in [0.1, 0.15) is 0 Å². The number of benzene rings is 11. The van der Waals surface area contributed by atoms with E-state index in [1.54, 1.807) is 0 Å². The first kappa shape index (κ1) is 40.5. The Labute approximate surface area is 410 Å². The minimum atomic E-state index is -0.674. The zero-order valence-electron chi connectivity index (χ0n) is 39.3. The summed E-state index contributed by atoms with van der Waals surface area (Å²) >= 11 is 0. The van der Waals surface area contributed by atoms with Gasteiger partial charge in [-0.05, 0) is 142 Å². The first-order valence-corrected chi connectivity index (χ1v) is 24.7. The largest absolute Gasteiger partial charge is 0.310 e. The molecule has 2 atom stereocenters. The Bertz CT molecular complexity index is 3860. The Balaban J connectivity index is 1.02. The van der Waals surface area contributed by atoms with Crippen molar-refractivity contribution in [3.05, 3.63) is 316 Å². The summed E-state index contributed by atoms with van der Waals surface area (Å²) in [4.78, 5) is 2.49. The van der Waals surface area contributed by atoms with Crippen molar-refractivity contribution in [3.63, 3.8) is 0 Å². The van der Waals surface area contributed by atoms with Gasteiger partial charge in [0, 0.05) is 22.5 Å². The van der Waals surface area contributed by atoms with Crippen molar-refractivity contribution in [3.8, 4) is 33.4 Å². The number of rotatable bonds is 7. The maximum Gasteiger partial charge on any atom is 0.0720 e. The predicted octanol–water partition coefficient (Wildman–Crippen LogP) is 17.3. The molecule has 2 unspecified atom stereocenters. The zero-order valence-corrected chi connectivity index (χ0v) is 39.3. The van der Waals surface area contributed by atoms with E-state index in [1.165, 1.54) is 99.8 Å². The number of nitrogens with zero attached hydrogens (tertiary/aromatic N) is 1. The lowest BCUT2D eigenvalue weighted by Crippen LogP contribution is -2.44. The molecule has 11 aromatic carbocycles. The van der Waals surface area contributed by atoms with E-state index in [1.807, 2.05) is 0 Å². The van der Waals surface area contributed by atoms with E-state index in [9.17, 15) is 0 Å². The van der Waals surface area contributed by atoms with Crippen LogP contribution in [0.5, 0.6) is 0 Å². The van der Waals surface area contributed by atoms with Gasteiger partial charge in [0.25, 0.3) is 0 Å². The van der Waals surface area contributed by atoms with Crippen molar-refractivity contribution in [2.75, 3.05) is 4.90 Å². The van der Waals surface area contributed by atoms with E-state index < -0.39 is 10.8 Å². The molecule has 0 heterocycles. The fraction of sp³-hybridized carbons (Fsp3) is 0.0725. The van der Waals surface area contributed by atoms with Gasteiger partial charge in [0.2, 0.25) is 0 Å². The predicted molar refractivity (Wildman–Crippen MR) is 291 cm³/mol. The van der Waals surface area contributed by atoms with E-state index in [-0.39, 0.29) is 5.41 Å². The van der Waals surface area contributed by atoms with Crippen molar-refractivity contribution < 1.29 is 0 Å². The van der Waals surface area contributed by atoms with Crippen LogP contribution in [0.25, 0.3) is 44.2 Å². The summed E-state index contributed by atoms with van der Waals surface area (Å²) in [6.45, 7) is 4.75. The lowest BCUT2D eigenvalue weighted by molar-refractivity contribution is 0.627. The average molecular weight is 892 g/mol. The monoisotopic (exact) mass is 891 g/mol. The normalized spacial score (nSPS) is 17.5. The molecule has 0 saturated heterocycles. The standard InChI is InChI=1S/C69H49N/c1-67(2)60-30-13-11-27-56(60)58-42-41-55(45-65(58)67)70(53-39-37-47(38-40-53)49-36-35-46-19-9-10-20-48(46)43-49)54-26-17-25-52(44-54)68(50-21-5-3-6-22-50)62-32-15-16-33-63(62)69(51-23-7-4-8-24-51)61-31-14-12-28-57(61)59-29-18-34-64(68)66(59)69/h3-45H,1-2H3. The highest BCUT2D eigenvalue weighted by atomic mass is 15.1. The van der Waals surface area contributed by atoms with Crippen molar-refractivity contribution in [2.45, 2.75) is 30.1 Å². The molecule has 1 nitrogen and oxygen atoms in total. The van der Waals surface area contributed by atoms with Crippen molar-refractivity contribution in [1.82, 2.24) is 0 Å². The molecule has 0 aliphatic heterocycles. The fourth-order valence-electron chi connectivity index (χ4n) is 13.2. The molecule has 0 amide bonds. The summed E-state index contributed by atoms with van der Waals surface area (Å²) in [6, 6.07) is 98.3. The third-order valence-electron chi connectivity index (χ3n) is 16.2. The van der Waals surface area contributed by atoms with E-state index in [2.05, 4.69) is 280 Å². The molecule has 14 rings (SSSR count). The smallest absolute Gasteiger partial charge is 0.0720 e. The van der Waals surface area contributed by atoms with E-state index in [0.29, 0.717) is 0 Å². The summed E-state index contributed by atoms with van der Waals surface area (Å²) < 4.78 is 0. The molecule has 3 aliphatic rings. The van der Waals surface area contributed by atoms with Gasteiger partial charge < -0.3 is 4.90 Å². The summed E-state index contributed by atoms with van der Waals surface area (Å²) in [5.41, 5.74) is 22.8. The number of anilines is 3. The second kappa shape index (κ2) is 15.2. The van der Waals surface area contributed by atoms with Crippen LogP contribution in [0.2, 0.25) is 0 Å². The van der Waals surface area contributed by atoms with Crippen LogP contribution in [-0.2, 0) is 16.2 Å². The molecule has 11 aromatic rings. The third kappa shape index (κ3) is 5.55. The van der Waals surface area contributed by atoms with E-state index in [0.717, 1.165) is 17.1 Å². The zero-order chi connectivity index (χ0) is 46.6. The Kier molecular flexibility index (Phi) is 8.83. The lowest BCUT2D eigenvalue weighted by atomic mass is 9.51. The molecule has 3 aliphatic carbocycles. The second-order valence-corrected chi connectivity index (χ2v) is 19.9. The molecular weight excluding hydrogens is 843 g/mol. The quantitative estimate of drug-likeness (QED) is 0.154. The van der Waals surface area contributed by atoms with Gasteiger partial charge >= 0.3 is 0 Å². The van der Waals surface area contributed by atoms with Crippen LogP contribution in [0.1, 0.15) is 69.5 Å². The summed E-state index contributed by atoms with van der Waals surface area (Å²) in [6.07, 6.45) is 0. The Hall–Kier alpha value is -8.52. The van der Waals surface area contributed by atoms with Crippen molar-refractivity contribution >= 4 is 27.8 Å². The molecule has 0 N–H and O–H groups in total. The lowest BCUT2D eigenvalue weighted by Gasteiger charge is -2.49. The van der Waals surface area contributed by atoms with Crippen LogP contribution in [0.15, 0.2) is 261 Å². The van der Waals surface area contributed by atoms with Crippen LogP contribution in [0.3, 0.4) is 0 Å². The second-order valence-electron chi connectivity index (χ2n) is 19.9. The maximum absolute atomic E-state index is 2.49. The van der Waals surface area contributed by atoms with Gasteiger partial charge in [0.05, 0.1) is 10.8 Å². The molecule has 0 fully saturated rings. The first-order chi connectivity index (χ1) is 34.5. The van der Waals surface area contributed by atoms with Crippen LogP contribution < -0.4 is 4.90 Å². The topological polar surface area (TPSA) is 3.24 Å². The van der Waals surface area contributed by atoms with Crippen molar-refractivity contribution in [1.29, 1.82) is 0 Å². The van der Waals surface area contributed by atoms with Crippen LogP contribution in [0.4, 0.5) is 17.1 Å². The maximum atomic E-state index is 2.49. The summed E-state index contributed by atoms with van der Waals surface area (Å²) in [5, 5.41) is 2.50. The molecule has 0 radical (unpaired) electrons. The molecule has 330 valence electrons. The number of hydrogen-bond donors (Lipinski definition) is 0.